The summed E-state index contributed by atoms with van der Waals surface area (Å²) in [5, 5.41) is 8.39. The van der Waals surface area contributed by atoms with Crippen molar-refractivity contribution in [2.24, 2.45) is 0 Å². The van der Waals surface area contributed by atoms with Crippen LogP contribution in [0, 0.1) is 11.3 Å². The maximum Gasteiger partial charge on any atom is 0.286 e. The first-order valence-corrected chi connectivity index (χ1v) is 6.49. The van der Waals surface area contributed by atoms with Crippen LogP contribution in [0.4, 0.5) is 8.78 Å². The molecule has 0 bridgehead atoms. The van der Waals surface area contributed by atoms with E-state index in [9.17, 15) is 8.78 Å². The number of benzene rings is 1. The van der Waals surface area contributed by atoms with E-state index >= 15 is 0 Å². The van der Waals surface area contributed by atoms with Crippen LogP contribution in [0.1, 0.15) is 55.6 Å². The van der Waals surface area contributed by atoms with Crippen molar-refractivity contribution in [2.75, 3.05) is 0 Å². The molecular weight excluding hydrogens is 232 g/mol. The molecule has 0 atom stereocenters. The normalized spacial score (nSPS) is 17.4. The number of hydrogen-bond donors (Lipinski definition) is 0. The van der Waals surface area contributed by atoms with Gasteiger partial charge in [0.25, 0.3) is 5.92 Å². The molecule has 0 radical (unpaired) electrons. The smallest absolute Gasteiger partial charge is 0.200 e. The van der Waals surface area contributed by atoms with Gasteiger partial charge in [0.1, 0.15) is 6.42 Å². The third kappa shape index (κ3) is 2.87. The minimum Gasteiger partial charge on any atom is -0.200 e. The standard InChI is InChI=1S/C15H17F2N/c16-15(17,10-11-18)14-8-6-13(7-9-14)12-4-2-1-3-5-12/h6-9,12H,1-5,10H2. The summed E-state index contributed by atoms with van der Waals surface area (Å²) in [5.41, 5.74) is 1.11. The SMILES string of the molecule is N#CCC(F)(F)c1ccc(C2CCCCC2)cc1. The molecule has 1 aromatic rings. The van der Waals surface area contributed by atoms with E-state index in [1.54, 1.807) is 12.1 Å². The lowest BCUT2D eigenvalue weighted by molar-refractivity contribution is 0.000926. The molecule has 1 fully saturated rings. The molecule has 2 rings (SSSR count). The zero-order chi connectivity index (χ0) is 13.0. The fourth-order valence-electron chi connectivity index (χ4n) is 2.64. The monoisotopic (exact) mass is 249 g/mol. The van der Waals surface area contributed by atoms with Crippen molar-refractivity contribution in [3.05, 3.63) is 35.4 Å². The van der Waals surface area contributed by atoms with Crippen molar-refractivity contribution in [3.8, 4) is 6.07 Å². The highest BCUT2D eigenvalue weighted by atomic mass is 19.3. The van der Waals surface area contributed by atoms with Crippen molar-refractivity contribution < 1.29 is 8.78 Å². The molecule has 3 heteroatoms. The van der Waals surface area contributed by atoms with Gasteiger partial charge < -0.3 is 0 Å². The molecule has 0 saturated heterocycles. The zero-order valence-electron chi connectivity index (χ0n) is 10.3. The molecule has 1 nitrogen and oxygen atoms in total. The van der Waals surface area contributed by atoms with Gasteiger partial charge in [-0.3, -0.25) is 0 Å². The summed E-state index contributed by atoms with van der Waals surface area (Å²) in [5.74, 6) is -2.50. The molecule has 0 unspecified atom stereocenters. The van der Waals surface area contributed by atoms with Gasteiger partial charge in [-0.05, 0) is 24.3 Å². The highest BCUT2D eigenvalue weighted by Crippen LogP contribution is 2.35. The van der Waals surface area contributed by atoms with Crippen LogP contribution in [-0.4, -0.2) is 0 Å². The Kier molecular flexibility index (Phi) is 3.96. The summed E-state index contributed by atoms with van der Waals surface area (Å²) in [6, 6.07) is 8.09. The van der Waals surface area contributed by atoms with Crippen LogP contribution in [-0.2, 0) is 5.92 Å². The van der Waals surface area contributed by atoms with Crippen LogP contribution < -0.4 is 0 Å². The predicted molar refractivity (Wildman–Crippen MR) is 66.4 cm³/mol. The minimum absolute atomic E-state index is 0.0522. The summed E-state index contributed by atoms with van der Waals surface area (Å²) < 4.78 is 27.0. The van der Waals surface area contributed by atoms with Gasteiger partial charge in [0, 0.05) is 5.56 Å². The molecule has 1 aromatic carbocycles. The molecule has 0 spiro atoms. The van der Waals surface area contributed by atoms with E-state index in [1.807, 2.05) is 0 Å². The van der Waals surface area contributed by atoms with Gasteiger partial charge in [0.15, 0.2) is 0 Å². The minimum atomic E-state index is -3.03. The molecule has 1 aliphatic carbocycles. The molecule has 0 heterocycles. The largest absolute Gasteiger partial charge is 0.286 e. The average Bonchev–Trinajstić information content (AvgIpc) is 2.40. The van der Waals surface area contributed by atoms with Crippen LogP contribution in [0.2, 0.25) is 0 Å². The molecule has 0 aromatic heterocycles. The van der Waals surface area contributed by atoms with Crippen molar-refractivity contribution >= 4 is 0 Å². The Morgan fingerprint density at radius 1 is 1.11 bits per heavy atom. The summed E-state index contributed by atoms with van der Waals surface area (Å²) >= 11 is 0. The van der Waals surface area contributed by atoms with E-state index in [1.165, 1.54) is 37.5 Å². The summed E-state index contributed by atoms with van der Waals surface area (Å²) in [4.78, 5) is 0. The number of alkyl halides is 2. The van der Waals surface area contributed by atoms with Crippen molar-refractivity contribution in [3.63, 3.8) is 0 Å². The van der Waals surface area contributed by atoms with E-state index in [4.69, 9.17) is 5.26 Å². The van der Waals surface area contributed by atoms with Crippen LogP contribution in [0.25, 0.3) is 0 Å². The highest BCUT2D eigenvalue weighted by molar-refractivity contribution is 5.28. The second-order valence-corrected chi connectivity index (χ2v) is 5.00. The molecule has 0 amide bonds. The molecule has 0 aliphatic heterocycles. The first-order valence-electron chi connectivity index (χ1n) is 6.49. The number of rotatable bonds is 3. The van der Waals surface area contributed by atoms with Gasteiger partial charge in [-0.1, -0.05) is 43.5 Å². The quantitative estimate of drug-likeness (QED) is 0.759. The van der Waals surface area contributed by atoms with Crippen LogP contribution >= 0.6 is 0 Å². The van der Waals surface area contributed by atoms with E-state index in [0.717, 1.165) is 18.4 Å². The summed E-state index contributed by atoms with van der Waals surface area (Å²) in [6.45, 7) is 0. The third-order valence-electron chi connectivity index (χ3n) is 3.71. The first kappa shape index (κ1) is 13.0. The average molecular weight is 249 g/mol. The Balaban J connectivity index is 2.12. The Labute approximate surface area is 106 Å². The van der Waals surface area contributed by atoms with Gasteiger partial charge in [-0.15, -0.1) is 0 Å². The summed E-state index contributed by atoms with van der Waals surface area (Å²) in [7, 11) is 0. The fourth-order valence-corrected chi connectivity index (χ4v) is 2.64. The summed E-state index contributed by atoms with van der Waals surface area (Å²) in [6.07, 6.45) is 5.32. The Morgan fingerprint density at radius 3 is 2.28 bits per heavy atom. The molecule has 1 aliphatic rings. The van der Waals surface area contributed by atoms with Crippen LogP contribution in [0.3, 0.4) is 0 Å². The predicted octanol–water partition coefficient (Wildman–Crippen LogP) is 4.74. The Bertz CT molecular complexity index is 425. The molecule has 0 N–H and O–H groups in total. The van der Waals surface area contributed by atoms with Gasteiger partial charge in [0.2, 0.25) is 0 Å². The van der Waals surface area contributed by atoms with E-state index in [2.05, 4.69) is 0 Å². The van der Waals surface area contributed by atoms with Crippen molar-refractivity contribution in [2.45, 2.75) is 50.4 Å². The number of hydrogen-bond acceptors (Lipinski definition) is 1. The molecule has 18 heavy (non-hydrogen) atoms. The number of halogens is 2. The maximum atomic E-state index is 13.5. The molecule has 1 saturated carbocycles. The van der Waals surface area contributed by atoms with Gasteiger partial charge >= 0.3 is 0 Å². The number of nitrogens with zero attached hydrogens (tertiary/aromatic N) is 1. The maximum absolute atomic E-state index is 13.5. The van der Waals surface area contributed by atoms with Gasteiger partial charge in [0.05, 0.1) is 6.07 Å². The van der Waals surface area contributed by atoms with Crippen molar-refractivity contribution in [1.29, 1.82) is 5.26 Å². The zero-order valence-corrected chi connectivity index (χ0v) is 10.3. The first-order chi connectivity index (χ1) is 8.63. The Hall–Kier alpha value is -1.43. The van der Waals surface area contributed by atoms with E-state index < -0.39 is 12.3 Å². The second kappa shape index (κ2) is 5.48. The van der Waals surface area contributed by atoms with Gasteiger partial charge in [-0.2, -0.15) is 5.26 Å². The third-order valence-corrected chi connectivity index (χ3v) is 3.71. The molecule has 96 valence electrons. The van der Waals surface area contributed by atoms with Gasteiger partial charge in [-0.25, -0.2) is 8.78 Å². The Morgan fingerprint density at radius 2 is 1.72 bits per heavy atom. The van der Waals surface area contributed by atoms with Crippen LogP contribution in [0.5, 0.6) is 0 Å². The molecular formula is C15H17F2N. The fraction of sp³-hybridized carbons (Fsp3) is 0.533. The highest BCUT2D eigenvalue weighted by Gasteiger charge is 2.31. The van der Waals surface area contributed by atoms with Crippen LogP contribution in [0.15, 0.2) is 24.3 Å². The lowest BCUT2D eigenvalue weighted by atomic mass is 9.83. The van der Waals surface area contributed by atoms with E-state index in [-0.39, 0.29) is 5.56 Å². The van der Waals surface area contributed by atoms with Crippen molar-refractivity contribution in [1.82, 2.24) is 0 Å². The topological polar surface area (TPSA) is 23.8 Å². The number of nitriles is 1. The lowest BCUT2D eigenvalue weighted by Crippen LogP contribution is -2.12. The van der Waals surface area contributed by atoms with E-state index in [0.29, 0.717) is 5.92 Å². The second-order valence-electron chi connectivity index (χ2n) is 5.00. The lowest BCUT2D eigenvalue weighted by Gasteiger charge is -2.22.